The molecular weight excluding hydrogens is 238 g/mol. The molecule has 1 fully saturated rings. The highest BCUT2D eigenvalue weighted by Gasteiger charge is 2.35. The van der Waals surface area contributed by atoms with E-state index in [0.29, 0.717) is 24.0 Å². The molecule has 4 heteroatoms. The van der Waals surface area contributed by atoms with Gasteiger partial charge in [0.1, 0.15) is 5.76 Å². The number of aromatic nitrogens is 1. The lowest BCUT2D eigenvalue weighted by Gasteiger charge is -2.45. The standard InChI is InChI=1S/C15H27N3O/c1-9-11(3)18(8-7-14(9)16-6)12(4)15-10(2)17-19-13(15)5/h9,11-12,14,16H,7-8H2,1-6H3. The second kappa shape index (κ2) is 5.63. The minimum Gasteiger partial charge on any atom is -0.361 e. The molecule has 4 nitrogen and oxygen atoms in total. The maximum absolute atomic E-state index is 5.32. The Hall–Kier alpha value is -0.870. The number of rotatable bonds is 3. The van der Waals surface area contributed by atoms with Crippen LogP contribution in [-0.4, -0.2) is 35.7 Å². The van der Waals surface area contributed by atoms with Crippen molar-refractivity contribution in [2.75, 3.05) is 13.6 Å². The third-order valence-electron chi connectivity index (χ3n) is 4.99. The van der Waals surface area contributed by atoms with Crippen LogP contribution in [0.1, 0.15) is 50.3 Å². The maximum Gasteiger partial charge on any atom is 0.138 e. The Morgan fingerprint density at radius 1 is 1.37 bits per heavy atom. The van der Waals surface area contributed by atoms with Crippen LogP contribution in [0.4, 0.5) is 0 Å². The van der Waals surface area contributed by atoms with Crippen molar-refractivity contribution < 1.29 is 4.52 Å². The first kappa shape index (κ1) is 14.5. The van der Waals surface area contributed by atoms with Crippen LogP contribution in [0.15, 0.2) is 4.52 Å². The number of nitrogens with zero attached hydrogens (tertiary/aromatic N) is 2. The Morgan fingerprint density at radius 3 is 2.58 bits per heavy atom. The summed E-state index contributed by atoms with van der Waals surface area (Å²) in [5, 5.41) is 7.54. The van der Waals surface area contributed by atoms with Gasteiger partial charge in [-0.05, 0) is 47.1 Å². The largest absolute Gasteiger partial charge is 0.361 e. The molecule has 0 saturated carbocycles. The molecule has 2 rings (SSSR count). The summed E-state index contributed by atoms with van der Waals surface area (Å²) in [6, 6.07) is 1.57. The summed E-state index contributed by atoms with van der Waals surface area (Å²) in [4.78, 5) is 2.59. The van der Waals surface area contributed by atoms with Gasteiger partial charge >= 0.3 is 0 Å². The van der Waals surface area contributed by atoms with E-state index in [2.05, 4.69) is 43.2 Å². The van der Waals surface area contributed by atoms with E-state index in [0.717, 1.165) is 18.0 Å². The molecule has 0 spiro atoms. The summed E-state index contributed by atoms with van der Waals surface area (Å²) in [7, 11) is 2.07. The van der Waals surface area contributed by atoms with Gasteiger partial charge in [-0.1, -0.05) is 12.1 Å². The van der Waals surface area contributed by atoms with Gasteiger partial charge in [0.2, 0.25) is 0 Å². The molecule has 0 amide bonds. The predicted octanol–water partition coefficient (Wildman–Crippen LogP) is 2.67. The summed E-state index contributed by atoms with van der Waals surface area (Å²) in [6.45, 7) is 12.1. The summed E-state index contributed by atoms with van der Waals surface area (Å²) in [5.41, 5.74) is 2.29. The fourth-order valence-electron chi connectivity index (χ4n) is 3.60. The van der Waals surface area contributed by atoms with Crippen molar-refractivity contribution in [1.82, 2.24) is 15.4 Å². The second-order valence-electron chi connectivity index (χ2n) is 5.94. The number of nitrogens with one attached hydrogen (secondary N) is 1. The number of hydrogen-bond donors (Lipinski definition) is 1. The van der Waals surface area contributed by atoms with Gasteiger partial charge in [0.15, 0.2) is 0 Å². The predicted molar refractivity (Wildman–Crippen MR) is 77.2 cm³/mol. The fraction of sp³-hybridized carbons (Fsp3) is 0.800. The zero-order chi connectivity index (χ0) is 14.2. The SMILES string of the molecule is CNC1CCN(C(C)c2c(C)noc2C)C(C)C1C. The molecule has 19 heavy (non-hydrogen) atoms. The van der Waals surface area contributed by atoms with Crippen LogP contribution in [0.2, 0.25) is 0 Å². The van der Waals surface area contributed by atoms with Gasteiger partial charge in [-0.3, -0.25) is 4.90 Å². The Morgan fingerprint density at radius 2 is 2.05 bits per heavy atom. The zero-order valence-corrected chi connectivity index (χ0v) is 13.0. The molecule has 0 bridgehead atoms. The number of aryl methyl sites for hydroxylation is 2. The Labute approximate surface area is 116 Å². The van der Waals surface area contributed by atoms with Gasteiger partial charge in [-0.15, -0.1) is 0 Å². The van der Waals surface area contributed by atoms with E-state index in [4.69, 9.17) is 4.52 Å². The van der Waals surface area contributed by atoms with Crippen molar-refractivity contribution in [1.29, 1.82) is 0 Å². The van der Waals surface area contributed by atoms with Gasteiger partial charge in [-0.25, -0.2) is 0 Å². The van der Waals surface area contributed by atoms with Crippen molar-refractivity contribution >= 4 is 0 Å². The van der Waals surface area contributed by atoms with Crippen LogP contribution >= 0.6 is 0 Å². The number of piperidine rings is 1. The normalized spacial score (nSPS) is 30.5. The molecule has 4 unspecified atom stereocenters. The van der Waals surface area contributed by atoms with Crippen molar-refractivity contribution in [2.45, 2.75) is 59.2 Å². The molecular formula is C15H27N3O. The number of hydrogen-bond acceptors (Lipinski definition) is 4. The summed E-state index contributed by atoms with van der Waals surface area (Å²) >= 11 is 0. The monoisotopic (exact) mass is 265 g/mol. The van der Waals surface area contributed by atoms with Crippen LogP contribution in [0.25, 0.3) is 0 Å². The average Bonchev–Trinajstić information content (AvgIpc) is 2.71. The first-order chi connectivity index (χ1) is 8.97. The Kier molecular flexibility index (Phi) is 4.31. The van der Waals surface area contributed by atoms with Crippen molar-refractivity contribution in [2.24, 2.45) is 5.92 Å². The zero-order valence-electron chi connectivity index (χ0n) is 13.0. The molecule has 1 aromatic heterocycles. The molecule has 0 radical (unpaired) electrons. The van der Waals surface area contributed by atoms with Gasteiger partial charge in [0, 0.05) is 30.2 Å². The molecule has 1 saturated heterocycles. The first-order valence-electron chi connectivity index (χ1n) is 7.33. The average molecular weight is 265 g/mol. The second-order valence-corrected chi connectivity index (χ2v) is 5.94. The third-order valence-corrected chi connectivity index (χ3v) is 4.99. The van der Waals surface area contributed by atoms with Crippen LogP contribution in [0.5, 0.6) is 0 Å². The summed E-state index contributed by atoms with van der Waals surface area (Å²) in [6.07, 6.45) is 1.20. The molecule has 1 aliphatic rings. The van der Waals surface area contributed by atoms with Gasteiger partial charge in [-0.2, -0.15) is 0 Å². The van der Waals surface area contributed by atoms with Crippen molar-refractivity contribution in [3.8, 4) is 0 Å². The van der Waals surface area contributed by atoms with E-state index >= 15 is 0 Å². The molecule has 1 N–H and O–H groups in total. The maximum atomic E-state index is 5.32. The third kappa shape index (κ3) is 2.56. The van der Waals surface area contributed by atoms with Crippen LogP contribution < -0.4 is 5.32 Å². The lowest BCUT2D eigenvalue weighted by Crippen LogP contribution is -2.53. The van der Waals surface area contributed by atoms with E-state index in [1.54, 1.807) is 0 Å². The van der Waals surface area contributed by atoms with E-state index < -0.39 is 0 Å². The minimum absolute atomic E-state index is 0.376. The number of likely N-dealkylation sites (tertiary alicyclic amines) is 1. The lowest BCUT2D eigenvalue weighted by molar-refractivity contribution is 0.0538. The van der Waals surface area contributed by atoms with E-state index in [-0.39, 0.29) is 0 Å². The fourth-order valence-corrected chi connectivity index (χ4v) is 3.60. The van der Waals surface area contributed by atoms with Gasteiger partial charge in [0.25, 0.3) is 0 Å². The topological polar surface area (TPSA) is 41.3 Å². The molecule has 0 aliphatic carbocycles. The van der Waals surface area contributed by atoms with Crippen molar-refractivity contribution in [3.05, 3.63) is 17.0 Å². The molecule has 1 aromatic rings. The Balaban J connectivity index is 2.18. The van der Waals surface area contributed by atoms with E-state index in [9.17, 15) is 0 Å². The quantitative estimate of drug-likeness (QED) is 0.912. The molecule has 1 aliphatic heterocycles. The summed E-state index contributed by atoms with van der Waals surface area (Å²) < 4.78 is 5.32. The van der Waals surface area contributed by atoms with Gasteiger partial charge < -0.3 is 9.84 Å². The van der Waals surface area contributed by atoms with E-state index in [1.165, 1.54) is 12.0 Å². The molecule has 108 valence electrons. The Bertz CT molecular complexity index is 410. The van der Waals surface area contributed by atoms with Crippen LogP contribution in [-0.2, 0) is 0 Å². The van der Waals surface area contributed by atoms with E-state index in [1.807, 2.05) is 13.8 Å². The minimum atomic E-state index is 0.376. The van der Waals surface area contributed by atoms with Crippen molar-refractivity contribution in [3.63, 3.8) is 0 Å². The van der Waals surface area contributed by atoms with Gasteiger partial charge in [0.05, 0.1) is 5.69 Å². The smallest absolute Gasteiger partial charge is 0.138 e. The van der Waals surface area contributed by atoms with Crippen LogP contribution in [0, 0.1) is 19.8 Å². The molecule has 2 heterocycles. The summed E-state index contributed by atoms with van der Waals surface area (Å²) in [5.74, 6) is 1.61. The molecule has 4 atom stereocenters. The highest BCUT2D eigenvalue weighted by molar-refractivity contribution is 5.25. The highest BCUT2D eigenvalue weighted by atomic mass is 16.5. The highest BCUT2D eigenvalue weighted by Crippen LogP contribution is 2.33. The van der Waals surface area contributed by atoms with Crippen LogP contribution in [0.3, 0.4) is 0 Å². The lowest BCUT2D eigenvalue weighted by atomic mass is 9.85. The molecule has 0 aromatic carbocycles. The first-order valence-corrected chi connectivity index (χ1v) is 7.33.